The van der Waals surface area contributed by atoms with Gasteiger partial charge in [-0.05, 0) is 43.5 Å². The molecule has 2 rings (SSSR count). The number of hydrogen-bond donors (Lipinski definition) is 3. The van der Waals surface area contributed by atoms with Crippen molar-refractivity contribution in [2.24, 2.45) is 0 Å². The molecule has 5 heteroatoms. The van der Waals surface area contributed by atoms with E-state index in [0.717, 1.165) is 12.0 Å². The molecule has 1 heterocycles. The highest BCUT2D eigenvalue weighted by Crippen LogP contribution is 2.12. The second kappa shape index (κ2) is 5.08. The first-order chi connectivity index (χ1) is 8.56. The molecule has 0 spiro atoms. The molecular weight excluding hydrogens is 230 g/mol. The van der Waals surface area contributed by atoms with Crippen molar-refractivity contribution in [3.63, 3.8) is 0 Å². The van der Waals surface area contributed by atoms with Crippen molar-refractivity contribution in [1.29, 1.82) is 0 Å². The molecule has 1 fully saturated rings. The number of hydrogen-bond acceptors (Lipinski definition) is 3. The smallest absolute Gasteiger partial charge is 0.252 e. The number of nitrogens with two attached hydrogens (primary N) is 1. The third-order valence-corrected chi connectivity index (χ3v) is 2.95. The predicted molar refractivity (Wildman–Crippen MR) is 69.1 cm³/mol. The van der Waals surface area contributed by atoms with Gasteiger partial charge in [0, 0.05) is 17.8 Å². The molecule has 1 unspecified atom stereocenters. The van der Waals surface area contributed by atoms with E-state index in [0.29, 0.717) is 24.2 Å². The summed E-state index contributed by atoms with van der Waals surface area (Å²) >= 11 is 0. The van der Waals surface area contributed by atoms with Gasteiger partial charge in [0.1, 0.15) is 6.04 Å². The number of nitrogen functional groups attached to an aromatic ring is 1. The van der Waals surface area contributed by atoms with E-state index in [1.165, 1.54) is 0 Å². The van der Waals surface area contributed by atoms with Gasteiger partial charge in [-0.15, -0.1) is 0 Å². The molecule has 0 bridgehead atoms. The van der Waals surface area contributed by atoms with E-state index in [1.807, 2.05) is 6.92 Å². The Balaban J connectivity index is 2.09. The molecule has 1 atom stereocenters. The van der Waals surface area contributed by atoms with Crippen molar-refractivity contribution in [3.8, 4) is 0 Å². The molecule has 0 saturated carbocycles. The Labute approximate surface area is 106 Å². The van der Waals surface area contributed by atoms with Gasteiger partial charge >= 0.3 is 0 Å². The fraction of sp³-hybridized carbons (Fsp3) is 0.385. The minimum Gasteiger partial charge on any atom is -0.399 e. The molecule has 96 valence electrons. The molecule has 5 nitrogen and oxygen atoms in total. The lowest BCUT2D eigenvalue weighted by Gasteiger charge is -2.22. The highest BCUT2D eigenvalue weighted by atomic mass is 16.2. The minimum atomic E-state index is -0.437. The van der Waals surface area contributed by atoms with Gasteiger partial charge < -0.3 is 16.4 Å². The number of carbonyl (C=O) groups is 2. The third-order valence-electron chi connectivity index (χ3n) is 2.95. The van der Waals surface area contributed by atoms with Crippen molar-refractivity contribution in [3.05, 3.63) is 29.3 Å². The summed E-state index contributed by atoms with van der Waals surface area (Å²) in [5.41, 5.74) is 7.66. The average Bonchev–Trinajstić information content (AvgIpc) is 2.31. The second-order valence-electron chi connectivity index (χ2n) is 4.59. The molecule has 0 radical (unpaired) electrons. The first-order valence-electron chi connectivity index (χ1n) is 6.02. The van der Waals surface area contributed by atoms with Crippen LogP contribution in [0.2, 0.25) is 0 Å². The highest BCUT2D eigenvalue weighted by molar-refractivity contribution is 5.98. The maximum Gasteiger partial charge on any atom is 0.252 e. The molecule has 0 aromatic heterocycles. The third kappa shape index (κ3) is 2.80. The Morgan fingerprint density at radius 1 is 1.44 bits per heavy atom. The number of amides is 2. The van der Waals surface area contributed by atoms with Crippen LogP contribution in [-0.4, -0.2) is 24.4 Å². The lowest BCUT2D eigenvalue weighted by atomic mass is 10.1. The van der Waals surface area contributed by atoms with E-state index in [1.54, 1.807) is 18.2 Å². The van der Waals surface area contributed by atoms with Crippen LogP contribution in [-0.2, 0) is 4.79 Å². The summed E-state index contributed by atoms with van der Waals surface area (Å²) in [7, 11) is 0. The second-order valence-corrected chi connectivity index (χ2v) is 4.59. The number of anilines is 1. The SMILES string of the molecule is Cc1cc(N)cc(C(=O)NC2CCCNC2=O)c1. The summed E-state index contributed by atoms with van der Waals surface area (Å²) in [6.07, 6.45) is 1.56. The van der Waals surface area contributed by atoms with E-state index >= 15 is 0 Å². The lowest BCUT2D eigenvalue weighted by Crippen LogP contribution is -2.50. The van der Waals surface area contributed by atoms with Crippen LogP contribution in [0.25, 0.3) is 0 Å². The van der Waals surface area contributed by atoms with Gasteiger partial charge in [0.05, 0.1) is 0 Å². The van der Waals surface area contributed by atoms with E-state index in [4.69, 9.17) is 5.73 Å². The highest BCUT2D eigenvalue weighted by Gasteiger charge is 2.24. The van der Waals surface area contributed by atoms with Gasteiger partial charge in [-0.3, -0.25) is 9.59 Å². The summed E-state index contributed by atoms with van der Waals surface area (Å²) in [6, 6.07) is 4.73. The van der Waals surface area contributed by atoms with E-state index in [2.05, 4.69) is 10.6 Å². The first-order valence-corrected chi connectivity index (χ1v) is 6.02. The molecule has 2 amide bonds. The van der Waals surface area contributed by atoms with Crippen LogP contribution in [0.3, 0.4) is 0 Å². The van der Waals surface area contributed by atoms with Crippen molar-refractivity contribution in [1.82, 2.24) is 10.6 Å². The topological polar surface area (TPSA) is 84.2 Å². The quantitative estimate of drug-likeness (QED) is 0.669. The minimum absolute atomic E-state index is 0.116. The van der Waals surface area contributed by atoms with Crippen LogP contribution in [0.15, 0.2) is 18.2 Å². The first kappa shape index (κ1) is 12.4. The van der Waals surface area contributed by atoms with Gasteiger partial charge in [-0.25, -0.2) is 0 Å². The number of carbonyl (C=O) groups excluding carboxylic acids is 2. The number of piperidine rings is 1. The standard InChI is InChI=1S/C13H17N3O2/c1-8-5-9(7-10(14)6-8)12(17)16-11-3-2-4-15-13(11)18/h5-7,11H,2-4,14H2,1H3,(H,15,18)(H,16,17). The summed E-state index contributed by atoms with van der Waals surface area (Å²) in [5.74, 6) is -0.373. The molecule has 1 saturated heterocycles. The summed E-state index contributed by atoms with van der Waals surface area (Å²) in [4.78, 5) is 23.6. The van der Waals surface area contributed by atoms with Crippen LogP contribution in [0, 0.1) is 6.92 Å². The Kier molecular flexibility index (Phi) is 3.50. The van der Waals surface area contributed by atoms with Gasteiger partial charge in [0.2, 0.25) is 5.91 Å². The summed E-state index contributed by atoms with van der Waals surface area (Å²) in [5, 5.41) is 5.47. The molecular formula is C13H17N3O2. The van der Waals surface area contributed by atoms with Crippen molar-refractivity contribution in [2.45, 2.75) is 25.8 Å². The predicted octanol–water partition coefficient (Wildman–Crippen LogP) is 0.586. The number of benzene rings is 1. The zero-order chi connectivity index (χ0) is 13.1. The van der Waals surface area contributed by atoms with Gasteiger partial charge in [-0.1, -0.05) is 0 Å². The molecule has 1 aromatic rings. The number of rotatable bonds is 2. The number of aryl methyl sites for hydroxylation is 1. The zero-order valence-corrected chi connectivity index (χ0v) is 10.3. The van der Waals surface area contributed by atoms with Gasteiger partial charge in [-0.2, -0.15) is 0 Å². The van der Waals surface area contributed by atoms with Crippen LogP contribution < -0.4 is 16.4 Å². The van der Waals surface area contributed by atoms with E-state index < -0.39 is 6.04 Å². The molecule has 18 heavy (non-hydrogen) atoms. The maximum atomic E-state index is 12.0. The summed E-state index contributed by atoms with van der Waals surface area (Å²) in [6.45, 7) is 2.56. The van der Waals surface area contributed by atoms with Crippen LogP contribution in [0.5, 0.6) is 0 Å². The maximum absolute atomic E-state index is 12.0. The largest absolute Gasteiger partial charge is 0.399 e. The molecule has 0 aliphatic carbocycles. The van der Waals surface area contributed by atoms with E-state index in [9.17, 15) is 9.59 Å². The molecule has 1 aliphatic rings. The Morgan fingerprint density at radius 2 is 2.22 bits per heavy atom. The van der Waals surface area contributed by atoms with Gasteiger partial charge in [0.15, 0.2) is 0 Å². The Bertz CT molecular complexity index is 465. The zero-order valence-electron chi connectivity index (χ0n) is 10.3. The molecule has 1 aliphatic heterocycles. The van der Waals surface area contributed by atoms with Crippen molar-refractivity contribution < 1.29 is 9.59 Å². The Hall–Kier alpha value is -2.04. The average molecular weight is 247 g/mol. The molecule has 4 N–H and O–H groups in total. The summed E-state index contributed by atoms with van der Waals surface area (Å²) < 4.78 is 0. The van der Waals surface area contributed by atoms with Crippen LogP contribution in [0.4, 0.5) is 5.69 Å². The monoisotopic (exact) mass is 247 g/mol. The fourth-order valence-electron chi connectivity index (χ4n) is 2.10. The van der Waals surface area contributed by atoms with Gasteiger partial charge in [0.25, 0.3) is 5.91 Å². The normalized spacial score (nSPS) is 19.2. The van der Waals surface area contributed by atoms with Crippen LogP contribution >= 0.6 is 0 Å². The van der Waals surface area contributed by atoms with Crippen LogP contribution in [0.1, 0.15) is 28.8 Å². The Morgan fingerprint density at radius 3 is 2.89 bits per heavy atom. The number of nitrogens with one attached hydrogen (secondary N) is 2. The van der Waals surface area contributed by atoms with E-state index in [-0.39, 0.29) is 11.8 Å². The van der Waals surface area contributed by atoms with Crippen molar-refractivity contribution in [2.75, 3.05) is 12.3 Å². The fourth-order valence-corrected chi connectivity index (χ4v) is 2.10. The van der Waals surface area contributed by atoms with Crippen molar-refractivity contribution >= 4 is 17.5 Å². The lowest BCUT2D eigenvalue weighted by molar-refractivity contribution is -0.124. The molecule has 1 aromatic carbocycles.